The molecule has 2 heterocycles. The molecule has 2 aromatic heterocycles. The van der Waals surface area contributed by atoms with Gasteiger partial charge in [0.05, 0.1) is 36.6 Å². The highest BCUT2D eigenvalue weighted by Gasteiger charge is 2.22. The van der Waals surface area contributed by atoms with E-state index in [1.54, 1.807) is 26.4 Å². The first kappa shape index (κ1) is 22.3. The molecule has 0 atom stereocenters. The number of nitrogens with zero attached hydrogens (tertiary/aromatic N) is 1. The van der Waals surface area contributed by atoms with E-state index < -0.39 is 5.91 Å². The second-order valence-corrected chi connectivity index (χ2v) is 8.67. The molecular formula is C25H23N3O4S. The van der Waals surface area contributed by atoms with Gasteiger partial charge in [-0.3, -0.25) is 9.59 Å². The molecule has 2 amide bonds. The van der Waals surface area contributed by atoms with Crippen LogP contribution >= 0.6 is 11.3 Å². The van der Waals surface area contributed by atoms with E-state index in [1.165, 1.54) is 11.3 Å². The van der Waals surface area contributed by atoms with Crippen LogP contribution in [-0.2, 0) is 0 Å². The number of pyridine rings is 1. The Kier molecular flexibility index (Phi) is 6.02. The van der Waals surface area contributed by atoms with E-state index in [2.05, 4.69) is 5.32 Å². The second kappa shape index (κ2) is 8.91. The largest absolute Gasteiger partial charge is 0.497 e. The van der Waals surface area contributed by atoms with Crippen LogP contribution in [0.25, 0.3) is 22.2 Å². The molecule has 0 bridgehead atoms. The summed E-state index contributed by atoms with van der Waals surface area (Å²) in [7, 11) is 3.15. The first-order chi connectivity index (χ1) is 15.8. The molecule has 0 aliphatic carbocycles. The normalized spacial score (nSPS) is 10.8. The minimum absolute atomic E-state index is 0.334. The number of anilines is 1. The van der Waals surface area contributed by atoms with Crippen molar-refractivity contribution in [3.8, 4) is 22.8 Å². The summed E-state index contributed by atoms with van der Waals surface area (Å²) in [6.45, 7) is 3.70. The zero-order valence-corrected chi connectivity index (χ0v) is 19.5. The molecule has 168 valence electrons. The third kappa shape index (κ3) is 4.12. The smallest absolute Gasteiger partial charge is 0.257 e. The van der Waals surface area contributed by atoms with Gasteiger partial charge in [0, 0.05) is 21.9 Å². The lowest BCUT2D eigenvalue weighted by Gasteiger charge is -2.13. The molecule has 0 aliphatic rings. The molecule has 4 rings (SSSR count). The van der Waals surface area contributed by atoms with Gasteiger partial charge in [0.1, 0.15) is 16.5 Å². The van der Waals surface area contributed by atoms with Gasteiger partial charge >= 0.3 is 0 Å². The van der Waals surface area contributed by atoms with Crippen molar-refractivity contribution in [1.82, 2.24) is 4.98 Å². The predicted octanol–water partition coefficient (Wildman–Crippen LogP) is 4.95. The van der Waals surface area contributed by atoms with E-state index >= 15 is 0 Å². The summed E-state index contributed by atoms with van der Waals surface area (Å²) in [5, 5.41) is 4.02. The zero-order chi connectivity index (χ0) is 23.7. The minimum atomic E-state index is -0.574. The molecule has 0 spiro atoms. The summed E-state index contributed by atoms with van der Waals surface area (Å²) in [5.74, 6) is 0.294. The summed E-state index contributed by atoms with van der Waals surface area (Å²) >= 11 is 1.33. The number of para-hydroxylation sites is 1. The fraction of sp³-hybridized carbons (Fsp3) is 0.160. The summed E-state index contributed by atoms with van der Waals surface area (Å²) in [6.07, 6.45) is 0. The highest BCUT2D eigenvalue weighted by molar-refractivity contribution is 7.16. The fourth-order valence-corrected chi connectivity index (χ4v) is 4.75. The van der Waals surface area contributed by atoms with Crippen molar-refractivity contribution in [2.24, 2.45) is 5.73 Å². The second-order valence-electron chi connectivity index (χ2n) is 7.44. The number of aromatic nitrogens is 1. The summed E-state index contributed by atoms with van der Waals surface area (Å²) < 4.78 is 10.8. The Morgan fingerprint density at radius 3 is 2.48 bits per heavy atom. The molecule has 2 aromatic carbocycles. The molecule has 0 aliphatic heterocycles. The van der Waals surface area contributed by atoms with Crippen molar-refractivity contribution in [2.75, 3.05) is 19.5 Å². The van der Waals surface area contributed by atoms with Crippen LogP contribution in [0.1, 0.15) is 31.2 Å². The molecule has 4 aromatic rings. The molecule has 0 radical (unpaired) electrons. The maximum absolute atomic E-state index is 13.4. The number of primary amides is 1. The standard InChI is InChI=1S/C25H23N3O4S/c1-13-14(2)33-25(22(13)23(26)29)28-24(30)18-12-20(27-19-8-6-5-7-16(18)19)17-10-9-15(31-3)11-21(17)32-4/h5-12H,1-4H3,(H2,26,29)(H,28,30). The van der Waals surface area contributed by atoms with Crippen molar-refractivity contribution >= 4 is 39.1 Å². The van der Waals surface area contributed by atoms with E-state index in [4.69, 9.17) is 20.2 Å². The van der Waals surface area contributed by atoms with Crippen LogP contribution in [-0.4, -0.2) is 31.0 Å². The molecule has 0 fully saturated rings. The van der Waals surface area contributed by atoms with Crippen molar-refractivity contribution in [3.05, 3.63) is 70.1 Å². The number of methoxy groups -OCH3 is 2. The number of hydrogen-bond donors (Lipinski definition) is 2. The predicted molar refractivity (Wildman–Crippen MR) is 131 cm³/mol. The molecular weight excluding hydrogens is 438 g/mol. The lowest BCUT2D eigenvalue weighted by molar-refractivity contribution is 0.100. The Hall–Kier alpha value is -3.91. The van der Waals surface area contributed by atoms with Gasteiger partial charge in [0.2, 0.25) is 0 Å². The maximum Gasteiger partial charge on any atom is 0.257 e. The number of amides is 2. The van der Waals surface area contributed by atoms with Crippen LogP contribution in [0.2, 0.25) is 0 Å². The van der Waals surface area contributed by atoms with Crippen molar-refractivity contribution in [2.45, 2.75) is 13.8 Å². The number of fused-ring (bicyclic) bond motifs is 1. The van der Waals surface area contributed by atoms with Crippen LogP contribution in [0, 0.1) is 13.8 Å². The van der Waals surface area contributed by atoms with Crippen LogP contribution in [0.4, 0.5) is 5.00 Å². The molecule has 7 nitrogen and oxygen atoms in total. The first-order valence-corrected chi connectivity index (χ1v) is 11.0. The lowest BCUT2D eigenvalue weighted by atomic mass is 10.0. The molecule has 8 heteroatoms. The van der Waals surface area contributed by atoms with E-state index in [-0.39, 0.29) is 5.91 Å². The fourth-order valence-electron chi connectivity index (χ4n) is 3.69. The summed E-state index contributed by atoms with van der Waals surface area (Å²) in [4.78, 5) is 31.1. The van der Waals surface area contributed by atoms with Gasteiger partial charge in [0.25, 0.3) is 11.8 Å². The number of rotatable bonds is 6. The number of nitrogens with one attached hydrogen (secondary N) is 1. The van der Waals surface area contributed by atoms with Crippen LogP contribution < -0.4 is 20.5 Å². The SMILES string of the molecule is COc1ccc(-c2cc(C(=O)Nc3sc(C)c(C)c3C(N)=O)c3ccccc3n2)c(OC)c1. The minimum Gasteiger partial charge on any atom is -0.497 e. The Labute approximate surface area is 195 Å². The molecule has 0 saturated heterocycles. The van der Waals surface area contributed by atoms with E-state index in [0.29, 0.717) is 44.2 Å². The highest BCUT2D eigenvalue weighted by atomic mass is 32.1. The van der Waals surface area contributed by atoms with E-state index in [9.17, 15) is 9.59 Å². The van der Waals surface area contributed by atoms with Crippen molar-refractivity contribution in [1.29, 1.82) is 0 Å². The van der Waals surface area contributed by atoms with Crippen LogP contribution in [0.5, 0.6) is 11.5 Å². The van der Waals surface area contributed by atoms with Gasteiger partial charge in [-0.1, -0.05) is 18.2 Å². The number of aryl methyl sites for hydroxylation is 1. The summed E-state index contributed by atoms with van der Waals surface area (Å²) in [5.41, 5.74) is 9.06. The molecule has 0 saturated carbocycles. The van der Waals surface area contributed by atoms with Crippen molar-refractivity contribution < 1.29 is 19.1 Å². The Morgan fingerprint density at radius 2 is 1.79 bits per heavy atom. The number of ether oxygens (including phenoxy) is 2. The molecule has 33 heavy (non-hydrogen) atoms. The van der Waals surface area contributed by atoms with Gasteiger partial charge in [-0.05, 0) is 43.7 Å². The quantitative estimate of drug-likeness (QED) is 0.423. The molecule has 0 unspecified atom stereocenters. The maximum atomic E-state index is 13.4. The number of carbonyl (C=O) groups is 2. The Bertz CT molecular complexity index is 1390. The number of carbonyl (C=O) groups excluding carboxylic acids is 2. The van der Waals surface area contributed by atoms with Crippen LogP contribution in [0.15, 0.2) is 48.5 Å². The Balaban J connectivity index is 1.85. The van der Waals surface area contributed by atoms with Gasteiger partial charge in [0.15, 0.2) is 0 Å². The first-order valence-electron chi connectivity index (χ1n) is 10.2. The lowest BCUT2D eigenvalue weighted by Crippen LogP contribution is -2.18. The number of thiophene rings is 1. The Morgan fingerprint density at radius 1 is 1.03 bits per heavy atom. The average Bonchev–Trinajstić information content (AvgIpc) is 3.10. The van der Waals surface area contributed by atoms with Gasteiger partial charge in [-0.25, -0.2) is 4.98 Å². The topological polar surface area (TPSA) is 104 Å². The monoisotopic (exact) mass is 461 g/mol. The third-order valence-corrected chi connectivity index (χ3v) is 6.63. The third-order valence-electron chi connectivity index (χ3n) is 5.50. The van der Waals surface area contributed by atoms with Gasteiger partial charge in [-0.15, -0.1) is 11.3 Å². The highest BCUT2D eigenvalue weighted by Crippen LogP contribution is 2.36. The average molecular weight is 462 g/mol. The number of benzene rings is 2. The number of nitrogens with two attached hydrogens (primary N) is 1. The van der Waals surface area contributed by atoms with Crippen molar-refractivity contribution in [3.63, 3.8) is 0 Å². The zero-order valence-electron chi connectivity index (χ0n) is 18.7. The van der Waals surface area contributed by atoms with Gasteiger partial charge < -0.3 is 20.5 Å². The summed E-state index contributed by atoms with van der Waals surface area (Å²) in [6, 6.07) is 14.5. The van der Waals surface area contributed by atoms with E-state index in [0.717, 1.165) is 16.0 Å². The number of hydrogen-bond acceptors (Lipinski definition) is 6. The van der Waals surface area contributed by atoms with Crippen LogP contribution in [0.3, 0.4) is 0 Å². The van der Waals surface area contributed by atoms with Gasteiger partial charge in [-0.2, -0.15) is 0 Å². The van der Waals surface area contributed by atoms with E-state index in [1.807, 2.05) is 50.2 Å². The molecule has 3 N–H and O–H groups in total.